The molecule has 2 N–H and O–H groups in total. The second kappa shape index (κ2) is 5.54. The van der Waals surface area contributed by atoms with Crippen LogP contribution in [0.4, 0.5) is 0 Å². The predicted molar refractivity (Wildman–Crippen MR) is 70.3 cm³/mol. The zero-order valence-electron chi connectivity index (χ0n) is 9.37. The zero-order valence-corrected chi connectivity index (χ0v) is 10.9. The first-order valence-corrected chi connectivity index (χ1v) is 6.09. The molecule has 1 aromatic heterocycles. The number of hydrogen-bond donors (Lipinski definition) is 2. The second-order valence-corrected chi connectivity index (χ2v) is 4.69. The molecule has 0 bridgehead atoms. The van der Waals surface area contributed by atoms with Crippen LogP contribution in [0.5, 0.6) is 0 Å². The standard InChI is InChI=1S/C12H13Cl2N3/c1-8(15-7-10-4-5-16-17-10)11-3-2-9(13)6-12(11)14/h2-6,8,15H,7H2,1H3,(H,16,17). The minimum Gasteiger partial charge on any atom is -0.305 e. The summed E-state index contributed by atoms with van der Waals surface area (Å²) in [7, 11) is 0. The van der Waals surface area contributed by atoms with E-state index in [1.807, 2.05) is 18.2 Å². The molecule has 0 aliphatic rings. The van der Waals surface area contributed by atoms with Gasteiger partial charge in [-0.15, -0.1) is 0 Å². The zero-order chi connectivity index (χ0) is 12.3. The molecule has 1 atom stereocenters. The number of hydrogen-bond acceptors (Lipinski definition) is 2. The van der Waals surface area contributed by atoms with Gasteiger partial charge in [0.15, 0.2) is 0 Å². The van der Waals surface area contributed by atoms with Crippen molar-refractivity contribution >= 4 is 23.2 Å². The highest BCUT2D eigenvalue weighted by molar-refractivity contribution is 6.35. The summed E-state index contributed by atoms with van der Waals surface area (Å²) in [6, 6.07) is 7.63. The molecule has 5 heteroatoms. The number of nitrogens with one attached hydrogen (secondary N) is 2. The molecule has 0 saturated heterocycles. The van der Waals surface area contributed by atoms with E-state index in [0.717, 1.165) is 17.8 Å². The Hall–Kier alpha value is -1.03. The second-order valence-electron chi connectivity index (χ2n) is 3.85. The highest BCUT2D eigenvalue weighted by atomic mass is 35.5. The third kappa shape index (κ3) is 3.22. The SMILES string of the molecule is CC(NCc1ccn[nH]1)c1ccc(Cl)cc1Cl. The van der Waals surface area contributed by atoms with Gasteiger partial charge in [0.2, 0.25) is 0 Å². The van der Waals surface area contributed by atoms with E-state index in [4.69, 9.17) is 23.2 Å². The molecule has 0 fully saturated rings. The lowest BCUT2D eigenvalue weighted by molar-refractivity contribution is 0.567. The Morgan fingerprint density at radius 3 is 2.82 bits per heavy atom. The molecule has 3 nitrogen and oxygen atoms in total. The molecule has 1 heterocycles. The molecular weight excluding hydrogens is 257 g/mol. The van der Waals surface area contributed by atoms with Gasteiger partial charge in [0.25, 0.3) is 0 Å². The number of benzene rings is 1. The van der Waals surface area contributed by atoms with Crippen molar-refractivity contribution in [2.24, 2.45) is 0 Å². The molecule has 0 saturated carbocycles. The Kier molecular flexibility index (Phi) is 4.05. The molecular formula is C12H13Cl2N3. The van der Waals surface area contributed by atoms with Crippen molar-refractivity contribution in [2.45, 2.75) is 19.5 Å². The van der Waals surface area contributed by atoms with Crippen LogP contribution < -0.4 is 5.32 Å². The smallest absolute Gasteiger partial charge is 0.0490 e. The lowest BCUT2D eigenvalue weighted by Crippen LogP contribution is -2.18. The van der Waals surface area contributed by atoms with Crippen LogP contribution in [0.2, 0.25) is 10.0 Å². The van der Waals surface area contributed by atoms with Crippen molar-refractivity contribution in [3.05, 3.63) is 51.8 Å². The molecule has 0 spiro atoms. The van der Waals surface area contributed by atoms with E-state index in [-0.39, 0.29) is 6.04 Å². The van der Waals surface area contributed by atoms with Crippen molar-refractivity contribution in [1.29, 1.82) is 0 Å². The van der Waals surface area contributed by atoms with Crippen LogP contribution in [0.15, 0.2) is 30.5 Å². The quantitative estimate of drug-likeness (QED) is 0.891. The first-order chi connectivity index (χ1) is 8.16. The van der Waals surface area contributed by atoms with E-state index in [1.165, 1.54) is 0 Å². The number of aromatic amines is 1. The average molecular weight is 270 g/mol. The normalized spacial score (nSPS) is 12.6. The summed E-state index contributed by atoms with van der Waals surface area (Å²) in [6.07, 6.45) is 1.73. The van der Waals surface area contributed by atoms with E-state index in [0.29, 0.717) is 10.0 Å². The Morgan fingerprint density at radius 2 is 2.18 bits per heavy atom. The number of rotatable bonds is 4. The third-order valence-electron chi connectivity index (χ3n) is 2.59. The van der Waals surface area contributed by atoms with Crippen LogP contribution in [-0.4, -0.2) is 10.2 Å². The summed E-state index contributed by atoms with van der Waals surface area (Å²) in [5.41, 5.74) is 2.08. The van der Waals surface area contributed by atoms with Gasteiger partial charge >= 0.3 is 0 Å². The highest BCUT2D eigenvalue weighted by Crippen LogP contribution is 2.26. The van der Waals surface area contributed by atoms with Gasteiger partial charge in [-0.25, -0.2) is 0 Å². The van der Waals surface area contributed by atoms with Crippen LogP contribution in [-0.2, 0) is 6.54 Å². The Bertz CT molecular complexity index is 483. The van der Waals surface area contributed by atoms with Gasteiger partial charge in [-0.2, -0.15) is 5.10 Å². The van der Waals surface area contributed by atoms with E-state index in [9.17, 15) is 0 Å². The molecule has 2 aromatic rings. The fourth-order valence-electron chi connectivity index (χ4n) is 1.61. The molecule has 0 aliphatic heterocycles. The van der Waals surface area contributed by atoms with E-state index >= 15 is 0 Å². The van der Waals surface area contributed by atoms with Gasteiger partial charge < -0.3 is 5.32 Å². The monoisotopic (exact) mass is 269 g/mol. The van der Waals surface area contributed by atoms with Crippen LogP contribution in [0.3, 0.4) is 0 Å². The van der Waals surface area contributed by atoms with Crippen LogP contribution in [0.1, 0.15) is 24.2 Å². The van der Waals surface area contributed by atoms with Gasteiger partial charge in [-0.3, -0.25) is 5.10 Å². The van der Waals surface area contributed by atoms with E-state index in [2.05, 4.69) is 22.4 Å². The van der Waals surface area contributed by atoms with Crippen molar-refractivity contribution in [3.63, 3.8) is 0 Å². The molecule has 2 rings (SSSR count). The molecule has 1 unspecified atom stereocenters. The number of aromatic nitrogens is 2. The first-order valence-electron chi connectivity index (χ1n) is 5.33. The topological polar surface area (TPSA) is 40.7 Å². The fraction of sp³-hybridized carbons (Fsp3) is 0.250. The summed E-state index contributed by atoms with van der Waals surface area (Å²) < 4.78 is 0. The maximum absolute atomic E-state index is 6.14. The van der Waals surface area contributed by atoms with Crippen molar-refractivity contribution in [3.8, 4) is 0 Å². The van der Waals surface area contributed by atoms with Gasteiger partial charge in [0.05, 0.1) is 0 Å². The van der Waals surface area contributed by atoms with Crippen LogP contribution in [0.25, 0.3) is 0 Å². The maximum atomic E-state index is 6.14. The van der Waals surface area contributed by atoms with Crippen molar-refractivity contribution in [1.82, 2.24) is 15.5 Å². The summed E-state index contributed by atoms with van der Waals surface area (Å²) in [5, 5.41) is 11.5. The number of halogens is 2. The molecule has 90 valence electrons. The van der Waals surface area contributed by atoms with Crippen molar-refractivity contribution < 1.29 is 0 Å². The Morgan fingerprint density at radius 1 is 1.35 bits per heavy atom. The lowest BCUT2D eigenvalue weighted by atomic mass is 10.1. The Balaban J connectivity index is 2.01. The van der Waals surface area contributed by atoms with Crippen LogP contribution in [0, 0.1) is 0 Å². The summed E-state index contributed by atoms with van der Waals surface area (Å²) >= 11 is 12.0. The molecule has 0 radical (unpaired) electrons. The van der Waals surface area contributed by atoms with E-state index in [1.54, 1.807) is 12.3 Å². The molecule has 0 amide bonds. The van der Waals surface area contributed by atoms with E-state index < -0.39 is 0 Å². The molecule has 0 aliphatic carbocycles. The highest BCUT2D eigenvalue weighted by Gasteiger charge is 2.09. The van der Waals surface area contributed by atoms with Gasteiger partial charge in [0.1, 0.15) is 0 Å². The fourth-order valence-corrected chi connectivity index (χ4v) is 2.18. The first kappa shape index (κ1) is 12.4. The predicted octanol–water partition coefficient (Wildman–Crippen LogP) is 3.57. The largest absolute Gasteiger partial charge is 0.305 e. The maximum Gasteiger partial charge on any atom is 0.0490 e. The number of H-pyrrole nitrogens is 1. The van der Waals surface area contributed by atoms with Gasteiger partial charge in [-0.05, 0) is 30.7 Å². The lowest BCUT2D eigenvalue weighted by Gasteiger charge is -2.15. The van der Waals surface area contributed by atoms with Gasteiger partial charge in [-0.1, -0.05) is 29.3 Å². The summed E-state index contributed by atoms with van der Waals surface area (Å²) in [6.45, 7) is 2.78. The molecule has 1 aromatic carbocycles. The van der Waals surface area contributed by atoms with Gasteiger partial charge in [0, 0.05) is 34.5 Å². The minimum atomic E-state index is 0.156. The molecule has 17 heavy (non-hydrogen) atoms. The third-order valence-corrected chi connectivity index (χ3v) is 3.15. The average Bonchev–Trinajstić information content (AvgIpc) is 2.78. The summed E-state index contributed by atoms with van der Waals surface area (Å²) in [4.78, 5) is 0. The Labute approximate surface area is 110 Å². The van der Waals surface area contributed by atoms with Crippen molar-refractivity contribution in [2.75, 3.05) is 0 Å². The minimum absolute atomic E-state index is 0.156. The van der Waals surface area contributed by atoms with Crippen LogP contribution >= 0.6 is 23.2 Å². The number of nitrogens with zero attached hydrogens (tertiary/aromatic N) is 1. The summed E-state index contributed by atoms with van der Waals surface area (Å²) in [5.74, 6) is 0.